The Kier molecular flexibility index (Phi) is 5.70. The summed E-state index contributed by atoms with van der Waals surface area (Å²) in [6.45, 7) is 16.6. The van der Waals surface area contributed by atoms with Crippen LogP contribution in [-0.2, 0) is 9.59 Å². The maximum absolute atomic E-state index is 12.5. The molecule has 1 saturated heterocycles. The quantitative estimate of drug-likeness (QED) is 0.787. The SMILES string of the molecule is CC(CC(=O)N(C=O)CC1CC(C)(C)N(O)C1(C)C)C(C)(C)C. The molecule has 134 valence electrons. The minimum absolute atomic E-state index is 0.0285. The molecule has 0 saturated carbocycles. The maximum atomic E-state index is 12.5. The number of hydrogen-bond acceptors (Lipinski definition) is 4. The lowest BCUT2D eigenvalue weighted by Crippen LogP contribution is -2.49. The first-order chi connectivity index (χ1) is 10.2. The van der Waals surface area contributed by atoms with Crippen molar-refractivity contribution in [2.45, 2.75) is 79.3 Å². The Morgan fingerprint density at radius 3 is 2.22 bits per heavy atom. The van der Waals surface area contributed by atoms with Gasteiger partial charge in [-0.25, -0.2) is 0 Å². The van der Waals surface area contributed by atoms with E-state index in [1.807, 2.05) is 34.6 Å². The van der Waals surface area contributed by atoms with Gasteiger partial charge in [-0.1, -0.05) is 27.7 Å². The van der Waals surface area contributed by atoms with Crippen LogP contribution in [0.2, 0.25) is 0 Å². The van der Waals surface area contributed by atoms with Gasteiger partial charge in [-0.15, -0.1) is 0 Å². The molecular weight excluding hydrogens is 292 g/mol. The largest absolute Gasteiger partial charge is 0.313 e. The third-order valence-electron chi connectivity index (χ3n) is 5.69. The van der Waals surface area contributed by atoms with Crippen molar-refractivity contribution in [1.82, 2.24) is 9.96 Å². The molecule has 0 aromatic carbocycles. The molecule has 5 heteroatoms. The molecule has 2 atom stereocenters. The van der Waals surface area contributed by atoms with Crippen molar-refractivity contribution < 1.29 is 14.8 Å². The van der Waals surface area contributed by atoms with Crippen molar-refractivity contribution in [3.05, 3.63) is 0 Å². The molecule has 23 heavy (non-hydrogen) atoms. The van der Waals surface area contributed by atoms with Crippen LogP contribution in [0.5, 0.6) is 0 Å². The standard InChI is InChI=1S/C18H34N2O3/c1-13(16(2,3)4)9-15(22)19(12-21)11-14-10-17(5,6)20(23)18(14,7)8/h12-14,23H,9-11H2,1-8H3. The van der Waals surface area contributed by atoms with E-state index in [4.69, 9.17) is 0 Å². The zero-order valence-electron chi connectivity index (χ0n) is 16.0. The molecule has 2 amide bonds. The summed E-state index contributed by atoms with van der Waals surface area (Å²) in [7, 11) is 0. The van der Waals surface area contributed by atoms with Crippen LogP contribution in [-0.4, -0.2) is 45.1 Å². The van der Waals surface area contributed by atoms with E-state index in [-0.39, 0.29) is 28.7 Å². The number of carbonyl (C=O) groups is 2. The first-order valence-corrected chi connectivity index (χ1v) is 8.47. The number of imide groups is 1. The molecule has 1 aliphatic rings. The van der Waals surface area contributed by atoms with Crippen molar-refractivity contribution in [3.8, 4) is 0 Å². The van der Waals surface area contributed by atoms with Crippen LogP contribution in [0.3, 0.4) is 0 Å². The molecule has 1 fully saturated rings. The fourth-order valence-corrected chi connectivity index (χ4v) is 3.31. The zero-order chi connectivity index (χ0) is 18.2. The summed E-state index contributed by atoms with van der Waals surface area (Å²) in [4.78, 5) is 25.2. The minimum Gasteiger partial charge on any atom is -0.313 e. The van der Waals surface area contributed by atoms with Crippen LogP contribution in [0.1, 0.15) is 68.2 Å². The molecule has 5 nitrogen and oxygen atoms in total. The first kappa shape index (κ1) is 20.1. The highest BCUT2D eigenvalue weighted by Crippen LogP contribution is 2.43. The highest BCUT2D eigenvalue weighted by Gasteiger charge is 2.51. The molecule has 1 heterocycles. The topological polar surface area (TPSA) is 60.9 Å². The monoisotopic (exact) mass is 326 g/mol. The molecule has 0 aromatic rings. The van der Waals surface area contributed by atoms with Gasteiger partial charge in [0.2, 0.25) is 12.3 Å². The Morgan fingerprint density at radius 2 is 1.87 bits per heavy atom. The van der Waals surface area contributed by atoms with Gasteiger partial charge in [0.25, 0.3) is 0 Å². The van der Waals surface area contributed by atoms with Gasteiger partial charge >= 0.3 is 0 Å². The van der Waals surface area contributed by atoms with Crippen molar-refractivity contribution in [2.24, 2.45) is 17.3 Å². The second-order valence-electron chi connectivity index (χ2n) is 9.30. The number of hydroxylamine groups is 2. The molecule has 1 N–H and O–H groups in total. The lowest BCUT2D eigenvalue weighted by molar-refractivity contribution is -0.197. The Labute approximate surface area is 141 Å². The Balaban J connectivity index is 2.81. The van der Waals surface area contributed by atoms with E-state index in [1.165, 1.54) is 9.96 Å². The fourth-order valence-electron chi connectivity index (χ4n) is 3.31. The lowest BCUT2D eigenvalue weighted by atomic mass is 9.80. The summed E-state index contributed by atoms with van der Waals surface area (Å²) in [6, 6.07) is 0. The number of nitrogens with zero attached hydrogens (tertiary/aromatic N) is 2. The molecule has 0 bridgehead atoms. The van der Waals surface area contributed by atoms with E-state index in [2.05, 4.69) is 20.8 Å². The van der Waals surface area contributed by atoms with Crippen LogP contribution in [0.15, 0.2) is 0 Å². The second kappa shape index (κ2) is 6.52. The van der Waals surface area contributed by atoms with Gasteiger partial charge in [-0.05, 0) is 51.4 Å². The van der Waals surface area contributed by atoms with Crippen LogP contribution in [0, 0.1) is 17.3 Å². The van der Waals surface area contributed by atoms with Gasteiger partial charge in [0.1, 0.15) is 0 Å². The van der Waals surface area contributed by atoms with Crippen molar-refractivity contribution in [3.63, 3.8) is 0 Å². The van der Waals surface area contributed by atoms with Gasteiger partial charge < -0.3 is 5.21 Å². The zero-order valence-corrected chi connectivity index (χ0v) is 16.0. The minimum atomic E-state index is -0.472. The summed E-state index contributed by atoms with van der Waals surface area (Å²) in [6.07, 6.45) is 1.74. The lowest BCUT2D eigenvalue weighted by Gasteiger charge is -2.37. The fraction of sp³-hybridized carbons (Fsp3) is 0.889. The van der Waals surface area contributed by atoms with Crippen LogP contribution in [0.25, 0.3) is 0 Å². The second-order valence-corrected chi connectivity index (χ2v) is 9.30. The summed E-state index contributed by atoms with van der Waals surface area (Å²) in [5.41, 5.74) is -0.800. The van der Waals surface area contributed by atoms with E-state index in [0.717, 1.165) is 6.42 Å². The van der Waals surface area contributed by atoms with Gasteiger partial charge in [0.05, 0.1) is 0 Å². The van der Waals surface area contributed by atoms with E-state index in [1.54, 1.807) is 0 Å². The highest BCUT2D eigenvalue weighted by atomic mass is 16.5. The third kappa shape index (κ3) is 4.32. The predicted molar refractivity (Wildman–Crippen MR) is 90.9 cm³/mol. The van der Waals surface area contributed by atoms with E-state index < -0.39 is 5.54 Å². The Hall–Kier alpha value is -0.940. The van der Waals surface area contributed by atoms with Crippen molar-refractivity contribution in [1.29, 1.82) is 0 Å². The van der Waals surface area contributed by atoms with Crippen LogP contribution >= 0.6 is 0 Å². The van der Waals surface area contributed by atoms with Gasteiger partial charge in [-0.3, -0.25) is 14.5 Å². The highest BCUT2D eigenvalue weighted by molar-refractivity contribution is 5.86. The van der Waals surface area contributed by atoms with Gasteiger partial charge in [0.15, 0.2) is 0 Å². The summed E-state index contributed by atoms with van der Waals surface area (Å²) in [5, 5.41) is 11.7. The molecule has 0 aliphatic carbocycles. The van der Waals surface area contributed by atoms with Crippen molar-refractivity contribution >= 4 is 12.3 Å². The molecule has 1 rings (SSSR count). The molecule has 1 aliphatic heterocycles. The predicted octanol–water partition coefficient (Wildman–Crippen LogP) is 3.31. The first-order valence-electron chi connectivity index (χ1n) is 8.47. The maximum Gasteiger partial charge on any atom is 0.229 e. The van der Waals surface area contributed by atoms with E-state index in [0.29, 0.717) is 19.4 Å². The number of hydrogen-bond donors (Lipinski definition) is 1. The molecule has 0 radical (unpaired) electrons. The van der Waals surface area contributed by atoms with E-state index in [9.17, 15) is 14.8 Å². The smallest absolute Gasteiger partial charge is 0.229 e. The molecule has 0 aromatic heterocycles. The molecular formula is C18H34N2O3. The molecule has 0 spiro atoms. The third-order valence-corrected chi connectivity index (χ3v) is 5.69. The average molecular weight is 326 g/mol. The van der Waals surface area contributed by atoms with Crippen LogP contribution < -0.4 is 0 Å². The number of rotatable bonds is 5. The molecule has 2 unspecified atom stereocenters. The number of amides is 2. The van der Waals surface area contributed by atoms with Crippen molar-refractivity contribution in [2.75, 3.05) is 6.54 Å². The Morgan fingerprint density at radius 1 is 1.35 bits per heavy atom. The van der Waals surface area contributed by atoms with Gasteiger partial charge in [0, 0.05) is 24.0 Å². The Bertz CT molecular complexity index is 452. The van der Waals surface area contributed by atoms with Gasteiger partial charge in [-0.2, -0.15) is 5.06 Å². The van der Waals surface area contributed by atoms with Crippen LogP contribution in [0.4, 0.5) is 0 Å². The summed E-state index contributed by atoms with van der Waals surface area (Å²) in [5.74, 6) is 0.105. The summed E-state index contributed by atoms with van der Waals surface area (Å²) < 4.78 is 0. The normalized spacial score (nSPS) is 25.2. The summed E-state index contributed by atoms with van der Waals surface area (Å²) >= 11 is 0. The number of carbonyl (C=O) groups excluding carboxylic acids is 2. The average Bonchev–Trinajstić information content (AvgIpc) is 2.54. The van der Waals surface area contributed by atoms with E-state index >= 15 is 0 Å².